The molecule has 1 nitrogen and oxygen atoms in total. The monoisotopic (exact) mass is 307 g/mol. The summed E-state index contributed by atoms with van der Waals surface area (Å²) >= 11 is 5.23. The van der Waals surface area contributed by atoms with Crippen LogP contribution in [0.4, 0.5) is 0 Å². The molecule has 0 unspecified atom stereocenters. The van der Waals surface area contributed by atoms with Crippen molar-refractivity contribution in [3.05, 3.63) is 51.3 Å². The fourth-order valence-corrected chi connectivity index (χ4v) is 2.81. The number of nitrogens with two attached hydrogens (primary N) is 1. The number of benzene rings is 1. The second-order valence-corrected chi connectivity index (χ2v) is 5.93. The maximum absolute atomic E-state index is 5.59. The van der Waals surface area contributed by atoms with E-state index in [1.54, 1.807) is 11.3 Å². The van der Waals surface area contributed by atoms with Gasteiger partial charge in [-0.05, 0) is 42.8 Å². The molecule has 1 aromatic carbocycles. The van der Waals surface area contributed by atoms with Crippen LogP contribution in [0.5, 0.6) is 0 Å². The zero-order chi connectivity index (χ0) is 12.3. The third-order valence-corrected chi connectivity index (χ3v) is 4.08. The van der Waals surface area contributed by atoms with Gasteiger partial charge in [0.05, 0.1) is 0 Å². The third-order valence-electron chi connectivity index (χ3n) is 2.47. The predicted molar refractivity (Wildman–Crippen MR) is 80.2 cm³/mol. The highest BCUT2D eigenvalue weighted by atomic mass is 79.9. The van der Waals surface area contributed by atoms with E-state index in [-0.39, 0.29) is 0 Å². The van der Waals surface area contributed by atoms with Gasteiger partial charge >= 0.3 is 0 Å². The van der Waals surface area contributed by atoms with Gasteiger partial charge in [-0.25, -0.2) is 0 Å². The summed E-state index contributed by atoms with van der Waals surface area (Å²) in [6.07, 6.45) is 2.15. The molecule has 0 aliphatic carbocycles. The van der Waals surface area contributed by atoms with Gasteiger partial charge in [-0.15, -0.1) is 11.3 Å². The van der Waals surface area contributed by atoms with Crippen molar-refractivity contribution in [2.75, 3.05) is 6.54 Å². The molecule has 2 N–H and O–H groups in total. The van der Waals surface area contributed by atoms with Gasteiger partial charge in [-0.2, -0.15) is 0 Å². The average molecular weight is 308 g/mol. The van der Waals surface area contributed by atoms with Crippen molar-refractivity contribution in [1.82, 2.24) is 0 Å². The third kappa shape index (κ3) is 3.28. The quantitative estimate of drug-likeness (QED) is 0.885. The van der Waals surface area contributed by atoms with Crippen LogP contribution in [-0.2, 0) is 0 Å². The van der Waals surface area contributed by atoms with Gasteiger partial charge in [0.2, 0.25) is 0 Å². The van der Waals surface area contributed by atoms with Gasteiger partial charge in [0.25, 0.3) is 0 Å². The number of hydrogen-bond acceptors (Lipinski definition) is 2. The highest BCUT2D eigenvalue weighted by Crippen LogP contribution is 2.30. The van der Waals surface area contributed by atoms with Crippen LogP contribution in [0.25, 0.3) is 16.5 Å². The fourth-order valence-electron chi connectivity index (χ4n) is 1.50. The van der Waals surface area contributed by atoms with Crippen molar-refractivity contribution < 1.29 is 0 Å². The van der Waals surface area contributed by atoms with Crippen LogP contribution in [-0.4, -0.2) is 6.54 Å². The van der Waals surface area contributed by atoms with Crippen LogP contribution in [0.15, 0.2) is 46.4 Å². The Morgan fingerprint density at radius 1 is 1.24 bits per heavy atom. The lowest BCUT2D eigenvalue weighted by atomic mass is 10.2. The zero-order valence-corrected chi connectivity index (χ0v) is 12.0. The lowest BCUT2D eigenvalue weighted by molar-refractivity contribution is 1.15. The molecule has 0 aliphatic rings. The number of thiophene rings is 1. The molecule has 88 valence electrons. The van der Waals surface area contributed by atoms with Crippen LogP contribution in [0.2, 0.25) is 0 Å². The molecule has 1 aromatic heterocycles. The Morgan fingerprint density at radius 2 is 1.94 bits per heavy atom. The van der Waals surface area contributed by atoms with Crippen LogP contribution < -0.4 is 5.73 Å². The minimum Gasteiger partial charge on any atom is -0.327 e. The van der Waals surface area contributed by atoms with Gasteiger partial charge in [0.1, 0.15) is 0 Å². The smallest absolute Gasteiger partial charge is 0.0349 e. The van der Waals surface area contributed by atoms with Crippen LogP contribution in [0, 0.1) is 0 Å². The summed E-state index contributed by atoms with van der Waals surface area (Å²) in [5, 5.41) is 0. The van der Waals surface area contributed by atoms with Crippen molar-refractivity contribution >= 4 is 33.3 Å². The molecule has 0 amide bonds. The van der Waals surface area contributed by atoms with Gasteiger partial charge < -0.3 is 5.73 Å². The summed E-state index contributed by atoms with van der Waals surface area (Å²) < 4.78 is 1.11. The Balaban J connectivity index is 2.27. The standard InChI is InChI=1S/C14H14BrNS/c1-10(9-16)8-13-6-7-14(17-13)11-2-4-12(15)5-3-11/h2-8H,9,16H2,1H3. The van der Waals surface area contributed by atoms with E-state index in [1.165, 1.54) is 20.9 Å². The first-order valence-electron chi connectivity index (χ1n) is 5.42. The van der Waals surface area contributed by atoms with E-state index >= 15 is 0 Å². The van der Waals surface area contributed by atoms with Gasteiger partial charge in [-0.3, -0.25) is 0 Å². The summed E-state index contributed by atoms with van der Waals surface area (Å²) in [7, 11) is 0. The summed E-state index contributed by atoms with van der Waals surface area (Å²) in [6, 6.07) is 12.7. The largest absolute Gasteiger partial charge is 0.327 e. The summed E-state index contributed by atoms with van der Waals surface area (Å²) in [6.45, 7) is 2.67. The van der Waals surface area contributed by atoms with E-state index < -0.39 is 0 Å². The summed E-state index contributed by atoms with van der Waals surface area (Å²) in [4.78, 5) is 2.54. The van der Waals surface area contributed by atoms with Gasteiger partial charge in [0.15, 0.2) is 0 Å². The van der Waals surface area contributed by atoms with E-state index in [0.717, 1.165) is 4.47 Å². The van der Waals surface area contributed by atoms with E-state index in [4.69, 9.17) is 5.73 Å². The molecule has 0 aliphatic heterocycles. The minimum atomic E-state index is 0.617. The highest BCUT2D eigenvalue weighted by molar-refractivity contribution is 9.10. The van der Waals surface area contributed by atoms with Gasteiger partial charge in [0, 0.05) is 20.8 Å². The zero-order valence-electron chi connectivity index (χ0n) is 9.61. The predicted octanol–water partition coefficient (Wildman–Crippen LogP) is 4.54. The summed E-state index contributed by atoms with van der Waals surface area (Å²) in [5.74, 6) is 0. The lowest BCUT2D eigenvalue weighted by Gasteiger charge is -1.97. The molecule has 17 heavy (non-hydrogen) atoms. The molecule has 0 fully saturated rings. The average Bonchev–Trinajstić information content (AvgIpc) is 2.78. The second kappa shape index (κ2) is 5.63. The lowest BCUT2D eigenvalue weighted by Crippen LogP contribution is -1.98. The van der Waals surface area contributed by atoms with Crippen molar-refractivity contribution in [3.63, 3.8) is 0 Å². The minimum absolute atomic E-state index is 0.617. The van der Waals surface area contributed by atoms with Crippen LogP contribution >= 0.6 is 27.3 Å². The number of hydrogen-bond donors (Lipinski definition) is 1. The molecule has 0 saturated heterocycles. The van der Waals surface area contributed by atoms with Crippen molar-refractivity contribution in [2.24, 2.45) is 5.73 Å². The van der Waals surface area contributed by atoms with Crippen molar-refractivity contribution in [1.29, 1.82) is 0 Å². The first-order chi connectivity index (χ1) is 8.19. The van der Waals surface area contributed by atoms with E-state index in [9.17, 15) is 0 Å². The Labute approximate surface area is 114 Å². The maximum Gasteiger partial charge on any atom is 0.0349 e. The maximum atomic E-state index is 5.59. The fraction of sp³-hybridized carbons (Fsp3) is 0.143. The molecule has 0 saturated carbocycles. The summed E-state index contributed by atoms with van der Waals surface area (Å²) in [5.41, 5.74) is 8.04. The van der Waals surface area contributed by atoms with E-state index in [2.05, 4.69) is 65.3 Å². The van der Waals surface area contributed by atoms with E-state index in [1.807, 2.05) is 0 Å². The first kappa shape index (κ1) is 12.6. The number of halogens is 1. The molecule has 0 atom stereocenters. The molecular weight excluding hydrogens is 294 g/mol. The molecule has 3 heteroatoms. The van der Waals surface area contributed by atoms with Crippen LogP contribution in [0.1, 0.15) is 11.8 Å². The number of rotatable bonds is 3. The van der Waals surface area contributed by atoms with E-state index in [0.29, 0.717) is 6.54 Å². The Morgan fingerprint density at radius 3 is 2.59 bits per heavy atom. The Hall–Kier alpha value is -0.900. The van der Waals surface area contributed by atoms with Crippen molar-refractivity contribution in [2.45, 2.75) is 6.92 Å². The molecular formula is C14H14BrNS. The second-order valence-electron chi connectivity index (χ2n) is 3.90. The van der Waals surface area contributed by atoms with Crippen molar-refractivity contribution in [3.8, 4) is 10.4 Å². The molecule has 0 spiro atoms. The van der Waals surface area contributed by atoms with Gasteiger partial charge in [-0.1, -0.05) is 33.6 Å². The molecule has 0 bridgehead atoms. The first-order valence-corrected chi connectivity index (χ1v) is 7.03. The molecule has 0 radical (unpaired) electrons. The SMILES string of the molecule is CC(=Cc1ccc(-c2ccc(Br)cc2)s1)CN. The molecule has 2 aromatic rings. The topological polar surface area (TPSA) is 26.0 Å². The Bertz CT molecular complexity index is 525. The molecule has 1 heterocycles. The Kier molecular flexibility index (Phi) is 4.15. The van der Waals surface area contributed by atoms with Crippen LogP contribution in [0.3, 0.4) is 0 Å². The normalized spacial score (nSPS) is 11.8. The highest BCUT2D eigenvalue weighted by Gasteiger charge is 2.01. The molecule has 2 rings (SSSR count).